The predicted octanol–water partition coefficient (Wildman–Crippen LogP) is 8.86. The van der Waals surface area contributed by atoms with E-state index in [1.165, 1.54) is 30.6 Å². The van der Waals surface area contributed by atoms with E-state index in [9.17, 15) is 10.7 Å². The van der Waals surface area contributed by atoms with Gasteiger partial charge >= 0.3 is 0 Å². The van der Waals surface area contributed by atoms with Gasteiger partial charge in [-0.3, -0.25) is 5.41 Å². The largest absolute Gasteiger partial charge is 0.389 e. The molecule has 260 valence electrons. The average molecular weight is 671 g/mol. The number of thiophene rings is 1. The topological polar surface area (TPSA) is 118 Å². The van der Waals surface area contributed by atoms with Crippen molar-refractivity contribution in [3.8, 4) is 6.07 Å². The molecule has 2 aliphatic carbocycles. The molecule has 2 aromatic rings. The van der Waals surface area contributed by atoms with Crippen molar-refractivity contribution in [1.29, 1.82) is 10.7 Å². The standard InChI is InChI=1S/C39H58N8S/c1-9-14-29(25(4)28-15-13-16-32-33(28)30(22-40)36(42)48-32)34(41)37-44-31(18-17-24(3)21-27(10-2)23-43-7)35-38(45-37)47(26(5)46(35)8)39(6)19-11-12-20-39/h24,27-28,41,43H,5,9-21,23,42H2,1-4,6-8H3/b29-25+,41-34?/t24-,27-,28?/m1/s1. The molecular formula is C39H58N8S. The highest BCUT2D eigenvalue weighted by Gasteiger charge is 2.45. The van der Waals surface area contributed by atoms with E-state index in [1.54, 1.807) is 11.3 Å². The summed E-state index contributed by atoms with van der Waals surface area (Å²) >= 11 is 1.57. The molecular weight excluding hydrogens is 613 g/mol. The Morgan fingerprint density at radius 3 is 2.62 bits per heavy atom. The maximum atomic E-state index is 10.0. The molecule has 0 radical (unpaired) electrons. The monoisotopic (exact) mass is 670 g/mol. The van der Waals surface area contributed by atoms with E-state index in [0.29, 0.717) is 33.9 Å². The van der Waals surface area contributed by atoms with E-state index in [4.69, 9.17) is 15.7 Å². The number of nitrogens with zero attached hydrogens (tertiary/aromatic N) is 5. The number of nitriles is 1. The van der Waals surface area contributed by atoms with Gasteiger partial charge < -0.3 is 20.9 Å². The minimum Gasteiger partial charge on any atom is -0.389 e. The lowest BCUT2D eigenvalue weighted by Gasteiger charge is -2.37. The number of rotatable bonds is 14. The van der Waals surface area contributed by atoms with E-state index in [0.717, 1.165) is 104 Å². The van der Waals surface area contributed by atoms with Gasteiger partial charge in [-0.1, -0.05) is 58.6 Å². The Labute approximate surface area is 293 Å². The smallest absolute Gasteiger partial charge is 0.180 e. The second-order valence-corrected chi connectivity index (χ2v) is 16.1. The third kappa shape index (κ3) is 6.80. The number of nitrogen functional groups attached to an aromatic ring is 1. The number of aromatic nitrogens is 2. The fourth-order valence-corrected chi connectivity index (χ4v) is 9.82. The third-order valence-electron chi connectivity index (χ3n) is 11.5. The zero-order valence-corrected chi connectivity index (χ0v) is 31.4. The Hall–Kier alpha value is -3.22. The Morgan fingerprint density at radius 1 is 1.25 bits per heavy atom. The summed E-state index contributed by atoms with van der Waals surface area (Å²) < 4.78 is 0. The molecule has 2 aromatic heterocycles. The van der Waals surface area contributed by atoms with Crippen LogP contribution in [0.2, 0.25) is 0 Å². The molecule has 9 heteroatoms. The summed E-state index contributed by atoms with van der Waals surface area (Å²) in [6.45, 7) is 17.0. The van der Waals surface area contributed by atoms with Crippen LogP contribution in [-0.2, 0) is 12.8 Å². The molecule has 0 amide bonds. The molecule has 1 unspecified atom stereocenters. The Bertz CT molecular complexity index is 1590. The Kier molecular flexibility index (Phi) is 11.4. The molecule has 3 aliphatic rings. The molecule has 1 saturated carbocycles. The lowest BCUT2D eigenvalue weighted by atomic mass is 9.78. The molecule has 4 N–H and O–H groups in total. The average Bonchev–Trinajstić information content (AvgIpc) is 3.73. The van der Waals surface area contributed by atoms with Crippen molar-refractivity contribution in [1.82, 2.24) is 15.3 Å². The van der Waals surface area contributed by atoms with Crippen molar-refractivity contribution in [3.05, 3.63) is 51.1 Å². The van der Waals surface area contributed by atoms with Crippen molar-refractivity contribution in [3.63, 3.8) is 0 Å². The zero-order valence-electron chi connectivity index (χ0n) is 30.6. The third-order valence-corrected chi connectivity index (χ3v) is 12.6. The van der Waals surface area contributed by atoms with Gasteiger partial charge in [0.05, 0.1) is 11.3 Å². The predicted molar refractivity (Wildman–Crippen MR) is 202 cm³/mol. The summed E-state index contributed by atoms with van der Waals surface area (Å²) in [4.78, 5) is 16.4. The molecule has 48 heavy (non-hydrogen) atoms. The minimum absolute atomic E-state index is 0.0560. The van der Waals surface area contributed by atoms with E-state index < -0.39 is 0 Å². The minimum atomic E-state index is -0.0560. The fourth-order valence-electron chi connectivity index (χ4n) is 8.69. The van der Waals surface area contributed by atoms with Gasteiger partial charge in [-0.25, -0.2) is 9.97 Å². The number of nitrogens with one attached hydrogen (secondary N) is 2. The van der Waals surface area contributed by atoms with Crippen LogP contribution in [0.3, 0.4) is 0 Å². The van der Waals surface area contributed by atoms with Crippen LogP contribution < -0.4 is 20.9 Å². The first kappa shape index (κ1) is 36.1. The summed E-state index contributed by atoms with van der Waals surface area (Å²) in [5.41, 5.74) is 12.7. The number of fused-ring (bicyclic) bond motifs is 2. The van der Waals surface area contributed by atoms with E-state index >= 15 is 0 Å². The lowest BCUT2D eigenvalue weighted by molar-refractivity contribution is 0.356. The molecule has 0 saturated heterocycles. The van der Waals surface area contributed by atoms with Crippen LogP contribution in [0, 0.1) is 28.6 Å². The van der Waals surface area contributed by atoms with Crippen molar-refractivity contribution in [2.75, 3.05) is 36.2 Å². The Balaban J connectivity index is 1.59. The van der Waals surface area contributed by atoms with Gasteiger partial charge in [-0.2, -0.15) is 5.26 Å². The first-order chi connectivity index (χ1) is 23.0. The Morgan fingerprint density at radius 2 is 1.98 bits per heavy atom. The molecule has 0 bridgehead atoms. The van der Waals surface area contributed by atoms with E-state index in [-0.39, 0.29) is 11.5 Å². The number of anilines is 3. The molecule has 1 aliphatic heterocycles. The summed E-state index contributed by atoms with van der Waals surface area (Å²) in [7, 11) is 4.15. The highest BCUT2D eigenvalue weighted by atomic mass is 32.1. The van der Waals surface area contributed by atoms with Crippen LogP contribution in [0.1, 0.15) is 139 Å². The van der Waals surface area contributed by atoms with Gasteiger partial charge in [0.15, 0.2) is 11.6 Å². The normalized spacial score (nSPS) is 20.3. The fraction of sp³-hybridized carbons (Fsp3) is 0.641. The van der Waals surface area contributed by atoms with E-state index in [2.05, 4.69) is 69.4 Å². The summed E-state index contributed by atoms with van der Waals surface area (Å²) in [5, 5.41) is 23.8. The van der Waals surface area contributed by atoms with E-state index in [1.807, 2.05) is 7.05 Å². The van der Waals surface area contributed by atoms with Crippen molar-refractivity contribution in [2.45, 2.75) is 130 Å². The number of allylic oxidation sites excluding steroid dienone is 2. The summed E-state index contributed by atoms with van der Waals surface area (Å²) in [6, 6.07) is 2.41. The van der Waals surface area contributed by atoms with Crippen LogP contribution in [0.15, 0.2) is 23.5 Å². The second kappa shape index (κ2) is 15.1. The first-order valence-electron chi connectivity index (χ1n) is 18.4. The maximum absolute atomic E-state index is 10.0. The van der Waals surface area contributed by atoms with Crippen molar-refractivity contribution in [2.24, 2.45) is 11.8 Å². The van der Waals surface area contributed by atoms with Gasteiger partial charge in [-0.05, 0) is 108 Å². The quantitative estimate of drug-likeness (QED) is 0.172. The molecule has 3 heterocycles. The highest BCUT2D eigenvalue weighted by molar-refractivity contribution is 7.16. The molecule has 5 rings (SSSR count). The van der Waals surface area contributed by atoms with Gasteiger partial charge in [0, 0.05) is 23.4 Å². The molecule has 3 atom stereocenters. The van der Waals surface area contributed by atoms with Gasteiger partial charge in [-0.15, -0.1) is 11.3 Å². The molecule has 0 aromatic carbocycles. The van der Waals surface area contributed by atoms with Crippen LogP contribution in [0.5, 0.6) is 0 Å². The highest BCUT2D eigenvalue weighted by Crippen LogP contribution is 2.50. The number of hydrogen-bond donors (Lipinski definition) is 3. The van der Waals surface area contributed by atoms with Gasteiger partial charge in [0.2, 0.25) is 0 Å². The van der Waals surface area contributed by atoms with Crippen LogP contribution in [-0.4, -0.2) is 41.9 Å². The van der Waals surface area contributed by atoms with Crippen LogP contribution >= 0.6 is 11.3 Å². The number of nitrogens with two attached hydrogens (primary N) is 1. The lowest BCUT2D eigenvalue weighted by Crippen LogP contribution is -2.44. The second-order valence-electron chi connectivity index (χ2n) is 14.9. The SMILES string of the molecule is C=C1N(C)c2c(CC[C@@H](C)C[C@@H](CC)CNC)nc(C(=N)/C(CCC)=C(\C)C3CCCc4sc(N)c(C#N)c43)nc2N1C1(C)CCCC1. The molecule has 1 fully saturated rings. The number of hydrogen-bond acceptors (Lipinski definition) is 9. The van der Waals surface area contributed by atoms with Crippen molar-refractivity contribution >= 4 is 33.6 Å². The number of aryl methyl sites for hydroxylation is 2. The van der Waals surface area contributed by atoms with Crippen LogP contribution in [0.25, 0.3) is 0 Å². The summed E-state index contributed by atoms with van der Waals surface area (Å²) in [5.74, 6) is 3.68. The summed E-state index contributed by atoms with van der Waals surface area (Å²) in [6.07, 6.45) is 13.5. The molecule has 8 nitrogen and oxygen atoms in total. The molecule has 0 spiro atoms. The van der Waals surface area contributed by atoms with Crippen LogP contribution in [0.4, 0.5) is 16.5 Å². The first-order valence-corrected chi connectivity index (χ1v) is 19.2. The maximum Gasteiger partial charge on any atom is 0.180 e. The zero-order chi connectivity index (χ0) is 34.7. The van der Waals surface area contributed by atoms with Gasteiger partial charge in [0.25, 0.3) is 0 Å². The van der Waals surface area contributed by atoms with Crippen molar-refractivity contribution < 1.29 is 0 Å². The van der Waals surface area contributed by atoms with Gasteiger partial charge in [0.1, 0.15) is 28.3 Å².